The topological polar surface area (TPSA) is 26.0 Å². The molecule has 0 aliphatic carbocycles. The standard InChI is InChI=1S/C18H24ClNS/c1-11-8-13(18(3,4)5)9-12(2)14(11)10-16(20)17-15(19)6-7-21-17/h6-9,16H,10,20H2,1-5H3. The molecule has 2 aromatic rings. The van der Waals surface area contributed by atoms with Crippen LogP contribution in [-0.2, 0) is 11.8 Å². The number of hydrogen-bond donors (Lipinski definition) is 1. The Morgan fingerprint density at radius 2 is 1.76 bits per heavy atom. The lowest BCUT2D eigenvalue weighted by Gasteiger charge is -2.23. The Morgan fingerprint density at radius 3 is 2.19 bits per heavy atom. The van der Waals surface area contributed by atoms with Crippen molar-refractivity contribution in [1.82, 2.24) is 0 Å². The van der Waals surface area contributed by atoms with Crippen LogP contribution < -0.4 is 5.73 Å². The average Bonchev–Trinajstić information content (AvgIpc) is 2.78. The number of thiophene rings is 1. The minimum atomic E-state index is -0.0320. The van der Waals surface area contributed by atoms with E-state index in [1.54, 1.807) is 11.3 Å². The third-order valence-electron chi connectivity index (χ3n) is 3.97. The Morgan fingerprint density at radius 1 is 1.19 bits per heavy atom. The van der Waals surface area contributed by atoms with Gasteiger partial charge in [-0.2, -0.15) is 0 Å². The monoisotopic (exact) mass is 321 g/mol. The first-order valence-electron chi connectivity index (χ1n) is 7.29. The van der Waals surface area contributed by atoms with Gasteiger partial charge < -0.3 is 5.73 Å². The Labute approximate surface area is 137 Å². The number of halogens is 1. The quantitative estimate of drug-likeness (QED) is 0.787. The second-order valence-electron chi connectivity index (χ2n) is 6.78. The molecule has 114 valence electrons. The van der Waals surface area contributed by atoms with Crippen LogP contribution >= 0.6 is 22.9 Å². The Bertz CT molecular complexity index is 614. The third-order valence-corrected chi connectivity index (χ3v) is 5.46. The highest BCUT2D eigenvalue weighted by Crippen LogP contribution is 2.32. The van der Waals surface area contributed by atoms with E-state index in [1.165, 1.54) is 22.3 Å². The maximum Gasteiger partial charge on any atom is 0.0561 e. The van der Waals surface area contributed by atoms with Crippen LogP contribution in [0.3, 0.4) is 0 Å². The summed E-state index contributed by atoms with van der Waals surface area (Å²) in [5.74, 6) is 0. The molecular weight excluding hydrogens is 298 g/mol. The van der Waals surface area contributed by atoms with Crippen molar-refractivity contribution in [2.45, 2.75) is 52.5 Å². The summed E-state index contributed by atoms with van der Waals surface area (Å²) in [5.41, 5.74) is 11.9. The number of nitrogens with two attached hydrogens (primary N) is 1. The van der Waals surface area contributed by atoms with Crippen LogP contribution in [0.1, 0.15) is 53.9 Å². The zero-order valence-electron chi connectivity index (χ0n) is 13.5. The molecule has 0 bridgehead atoms. The van der Waals surface area contributed by atoms with Gasteiger partial charge in [-0.25, -0.2) is 0 Å². The van der Waals surface area contributed by atoms with Gasteiger partial charge >= 0.3 is 0 Å². The molecule has 0 spiro atoms. The minimum Gasteiger partial charge on any atom is -0.323 e. The Hall–Kier alpha value is -0.830. The largest absolute Gasteiger partial charge is 0.323 e. The van der Waals surface area contributed by atoms with Crippen molar-refractivity contribution in [2.24, 2.45) is 5.73 Å². The van der Waals surface area contributed by atoms with E-state index in [-0.39, 0.29) is 11.5 Å². The van der Waals surface area contributed by atoms with E-state index in [1.807, 2.05) is 11.4 Å². The van der Waals surface area contributed by atoms with E-state index in [9.17, 15) is 0 Å². The first-order chi connectivity index (χ1) is 9.70. The molecule has 1 nitrogen and oxygen atoms in total. The van der Waals surface area contributed by atoms with Crippen LogP contribution in [0.25, 0.3) is 0 Å². The number of rotatable bonds is 3. The molecule has 1 aromatic carbocycles. The maximum absolute atomic E-state index is 6.36. The summed E-state index contributed by atoms with van der Waals surface area (Å²) in [4.78, 5) is 1.08. The van der Waals surface area contributed by atoms with Gasteiger partial charge in [0, 0.05) is 10.9 Å². The molecule has 2 N–H and O–H groups in total. The van der Waals surface area contributed by atoms with Crippen LogP contribution in [-0.4, -0.2) is 0 Å². The highest BCUT2D eigenvalue weighted by Gasteiger charge is 2.19. The van der Waals surface area contributed by atoms with Gasteiger partial charge in [-0.3, -0.25) is 0 Å². The summed E-state index contributed by atoms with van der Waals surface area (Å²) in [7, 11) is 0. The van der Waals surface area contributed by atoms with Gasteiger partial charge in [0.25, 0.3) is 0 Å². The molecule has 0 amide bonds. The van der Waals surface area contributed by atoms with E-state index in [0.29, 0.717) is 0 Å². The zero-order chi connectivity index (χ0) is 15.8. The molecule has 0 aliphatic heterocycles. The number of aryl methyl sites for hydroxylation is 2. The molecule has 2 rings (SSSR count). The van der Waals surface area contributed by atoms with Gasteiger partial charge in [0.05, 0.1) is 5.02 Å². The number of benzene rings is 1. The highest BCUT2D eigenvalue weighted by molar-refractivity contribution is 7.10. The van der Waals surface area contributed by atoms with Crippen LogP contribution in [0, 0.1) is 13.8 Å². The number of hydrogen-bond acceptors (Lipinski definition) is 2. The summed E-state index contributed by atoms with van der Waals surface area (Å²) in [6.07, 6.45) is 0.836. The minimum absolute atomic E-state index is 0.0320. The van der Waals surface area contributed by atoms with Crippen molar-refractivity contribution in [3.8, 4) is 0 Å². The fourth-order valence-corrected chi connectivity index (χ4v) is 3.83. The molecule has 1 aromatic heterocycles. The highest BCUT2D eigenvalue weighted by atomic mass is 35.5. The lowest BCUT2D eigenvalue weighted by Crippen LogP contribution is -2.16. The van der Waals surface area contributed by atoms with Gasteiger partial charge in [-0.15, -0.1) is 11.3 Å². The molecule has 0 saturated carbocycles. The van der Waals surface area contributed by atoms with E-state index >= 15 is 0 Å². The first kappa shape index (κ1) is 16.5. The van der Waals surface area contributed by atoms with Gasteiger partial charge in [-0.05, 0) is 59.4 Å². The SMILES string of the molecule is Cc1cc(C(C)(C)C)cc(C)c1CC(N)c1sccc1Cl. The molecule has 0 fully saturated rings. The van der Waals surface area contributed by atoms with Crippen molar-refractivity contribution in [3.05, 3.63) is 55.7 Å². The van der Waals surface area contributed by atoms with Gasteiger partial charge in [-0.1, -0.05) is 44.5 Å². The predicted octanol–water partition coefficient (Wildman–Crippen LogP) is 5.56. The summed E-state index contributed by atoms with van der Waals surface area (Å²) in [6, 6.07) is 6.48. The molecule has 0 aliphatic rings. The second-order valence-corrected chi connectivity index (χ2v) is 8.14. The smallest absolute Gasteiger partial charge is 0.0561 e. The molecular formula is C18H24ClNS. The molecule has 1 heterocycles. The maximum atomic E-state index is 6.36. The molecule has 1 atom stereocenters. The van der Waals surface area contributed by atoms with Gasteiger partial charge in [0.15, 0.2) is 0 Å². The van der Waals surface area contributed by atoms with Gasteiger partial charge in [0.2, 0.25) is 0 Å². The summed E-state index contributed by atoms with van der Waals surface area (Å²) >= 11 is 7.84. The normalized spacial score (nSPS) is 13.5. The fraction of sp³-hybridized carbons (Fsp3) is 0.444. The van der Waals surface area contributed by atoms with Crippen LogP contribution in [0.4, 0.5) is 0 Å². The van der Waals surface area contributed by atoms with E-state index in [4.69, 9.17) is 17.3 Å². The lowest BCUT2D eigenvalue weighted by molar-refractivity contribution is 0.588. The van der Waals surface area contributed by atoms with Crippen molar-refractivity contribution >= 4 is 22.9 Å². The second kappa shape index (κ2) is 6.12. The third kappa shape index (κ3) is 3.68. The van der Waals surface area contributed by atoms with Crippen molar-refractivity contribution in [1.29, 1.82) is 0 Å². The van der Waals surface area contributed by atoms with Crippen molar-refractivity contribution in [2.75, 3.05) is 0 Å². The van der Waals surface area contributed by atoms with Crippen molar-refractivity contribution < 1.29 is 0 Å². The zero-order valence-corrected chi connectivity index (χ0v) is 15.0. The predicted molar refractivity (Wildman–Crippen MR) is 94.6 cm³/mol. The molecule has 0 saturated heterocycles. The summed E-state index contributed by atoms with van der Waals surface area (Å²) < 4.78 is 0. The summed E-state index contributed by atoms with van der Waals surface area (Å²) in [6.45, 7) is 11.1. The lowest BCUT2D eigenvalue weighted by atomic mass is 9.83. The molecule has 3 heteroatoms. The average molecular weight is 322 g/mol. The van der Waals surface area contributed by atoms with Crippen LogP contribution in [0.5, 0.6) is 0 Å². The van der Waals surface area contributed by atoms with E-state index < -0.39 is 0 Å². The first-order valence-corrected chi connectivity index (χ1v) is 8.55. The fourth-order valence-electron chi connectivity index (χ4n) is 2.63. The summed E-state index contributed by atoms with van der Waals surface area (Å²) in [5, 5.41) is 2.79. The van der Waals surface area contributed by atoms with Crippen LogP contribution in [0.15, 0.2) is 23.6 Å². The molecule has 21 heavy (non-hydrogen) atoms. The van der Waals surface area contributed by atoms with Gasteiger partial charge in [0.1, 0.15) is 0 Å². The van der Waals surface area contributed by atoms with E-state index in [2.05, 4.69) is 46.8 Å². The Balaban J connectivity index is 2.31. The molecule has 1 unspecified atom stereocenters. The molecule has 0 radical (unpaired) electrons. The van der Waals surface area contributed by atoms with Crippen molar-refractivity contribution in [3.63, 3.8) is 0 Å². The van der Waals surface area contributed by atoms with Crippen LogP contribution in [0.2, 0.25) is 5.02 Å². The Kier molecular flexibility index (Phi) is 4.82. The van der Waals surface area contributed by atoms with E-state index in [0.717, 1.165) is 16.3 Å².